The van der Waals surface area contributed by atoms with Crippen LogP contribution in [0.5, 0.6) is 0 Å². The van der Waals surface area contributed by atoms with Gasteiger partial charge < -0.3 is 19.4 Å². The lowest BCUT2D eigenvalue weighted by Gasteiger charge is -2.32. The van der Waals surface area contributed by atoms with Crippen molar-refractivity contribution in [1.82, 2.24) is 5.32 Å². The van der Waals surface area contributed by atoms with Crippen LogP contribution in [0.4, 0.5) is 4.79 Å². The van der Waals surface area contributed by atoms with Crippen molar-refractivity contribution in [2.45, 2.75) is 84.7 Å². The number of benzene rings is 1. The van der Waals surface area contributed by atoms with Crippen molar-refractivity contribution in [3.8, 4) is 0 Å². The van der Waals surface area contributed by atoms with Crippen LogP contribution < -0.4 is 10.8 Å². The highest BCUT2D eigenvalue weighted by Gasteiger charge is 2.51. The van der Waals surface area contributed by atoms with Gasteiger partial charge in [-0.3, -0.25) is 0 Å². The number of rotatable bonds is 4. The molecule has 0 aromatic heterocycles. The molecule has 1 amide bonds. The summed E-state index contributed by atoms with van der Waals surface area (Å²) < 4.78 is 17.5. The molecule has 1 atom stereocenters. The molecule has 0 radical (unpaired) electrons. The zero-order valence-corrected chi connectivity index (χ0v) is 17.3. The van der Waals surface area contributed by atoms with Crippen LogP contribution in [-0.4, -0.2) is 30.0 Å². The molecule has 0 unspecified atom stereocenters. The minimum Gasteiger partial charge on any atom is -0.444 e. The number of carbonyl (C=O) groups excluding carboxylic acids is 1. The normalized spacial score (nSPS) is 19.9. The molecule has 1 heterocycles. The third-order valence-electron chi connectivity index (χ3n) is 4.96. The monoisotopic (exact) mass is 361 g/mol. The van der Waals surface area contributed by atoms with E-state index in [2.05, 4.69) is 5.32 Å². The lowest BCUT2D eigenvalue weighted by atomic mass is 9.78. The largest absolute Gasteiger partial charge is 0.494 e. The number of hydrogen-bond donors (Lipinski definition) is 1. The average Bonchev–Trinajstić information content (AvgIpc) is 2.71. The molecule has 0 aliphatic carbocycles. The van der Waals surface area contributed by atoms with Gasteiger partial charge in [-0.05, 0) is 65.9 Å². The number of nitrogens with one attached hydrogen (secondary N) is 1. The smallest absolute Gasteiger partial charge is 0.444 e. The van der Waals surface area contributed by atoms with Crippen molar-refractivity contribution in [2.75, 3.05) is 0 Å². The first-order valence-corrected chi connectivity index (χ1v) is 9.29. The molecule has 26 heavy (non-hydrogen) atoms. The topological polar surface area (TPSA) is 56.8 Å². The molecule has 144 valence electrons. The van der Waals surface area contributed by atoms with Gasteiger partial charge >= 0.3 is 13.2 Å². The Hall–Kier alpha value is -1.53. The second-order valence-corrected chi connectivity index (χ2v) is 8.86. The number of amides is 1. The van der Waals surface area contributed by atoms with E-state index in [-0.39, 0.29) is 24.4 Å². The first-order valence-electron chi connectivity index (χ1n) is 9.29. The highest BCUT2D eigenvalue weighted by Crippen LogP contribution is 2.36. The van der Waals surface area contributed by atoms with E-state index in [0.717, 1.165) is 17.4 Å². The van der Waals surface area contributed by atoms with Gasteiger partial charge in [0.1, 0.15) is 5.60 Å². The molecule has 1 aliphatic rings. The van der Waals surface area contributed by atoms with Gasteiger partial charge in [0.2, 0.25) is 0 Å². The Labute approximate surface area is 157 Å². The number of hydrogen-bond acceptors (Lipinski definition) is 4. The summed E-state index contributed by atoms with van der Waals surface area (Å²) >= 11 is 0. The van der Waals surface area contributed by atoms with Crippen LogP contribution in [0.25, 0.3) is 0 Å². The maximum Gasteiger partial charge on any atom is 0.494 e. The van der Waals surface area contributed by atoms with Gasteiger partial charge in [0.25, 0.3) is 0 Å². The van der Waals surface area contributed by atoms with E-state index in [0.29, 0.717) is 0 Å². The summed E-state index contributed by atoms with van der Waals surface area (Å²) in [7, 11) is -0.382. The number of carbonyl (C=O) groups is 1. The molecule has 0 spiro atoms. The second-order valence-electron chi connectivity index (χ2n) is 8.86. The van der Waals surface area contributed by atoms with E-state index in [4.69, 9.17) is 14.0 Å². The summed E-state index contributed by atoms with van der Waals surface area (Å²) in [6.07, 6.45) is 0.370. The molecule has 1 aliphatic heterocycles. The molecule has 1 aromatic rings. The molecule has 1 N–H and O–H groups in total. The van der Waals surface area contributed by atoms with Crippen molar-refractivity contribution < 1.29 is 18.8 Å². The van der Waals surface area contributed by atoms with E-state index in [9.17, 15) is 4.79 Å². The molecule has 1 aromatic carbocycles. The van der Waals surface area contributed by atoms with Crippen LogP contribution in [0.3, 0.4) is 0 Å². The van der Waals surface area contributed by atoms with Crippen LogP contribution in [0.2, 0.25) is 0 Å². The highest BCUT2D eigenvalue weighted by atomic mass is 16.7. The summed E-state index contributed by atoms with van der Waals surface area (Å²) in [4.78, 5) is 12.0. The fourth-order valence-corrected chi connectivity index (χ4v) is 2.74. The predicted molar refractivity (Wildman–Crippen MR) is 105 cm³/mol. The molecular weight excluding hydrogens is 329 g/mol. The Kier molecular flexibility index (Phi) is 5.79. The van der Waals surface area contributed by atoms with Crippen molar-refractivity contribution in [1.29, 1.82) is 0 Å². The summed E-state index contributed by atoms with van der Waals surface area (Å²) in [5, 5.41) is 2.93. The predicted octanol–water partition coefficient (Wildman–Crippen LogP) is 3.96. The molecule has 1 fully saturated rings. The summed E-state index contributed by atoms with van der Waals surface area (Å²) in [5.74, 6) is 0. The molecule has 6 heteroatoms. The van der Waals surface area contributed by atoms with Gasteiger partial charge in [-0.1, -0.05) is 31.2 Å². The summed E-state index contributed by atoms with van der Waals surface area (Å²) in [5.41, 5.74) is 0.766. The number of alkyl carbamates (subject to hydrolysis) is 1. The van der Waals surface area contributed by atoms with Crippen molar-refractivity contribution in [2.24, 2.45) is 0 Å². The summed E-state index contributed by atoms with van der Waals surface area (Å²) in [6.45, 7) is 15.8. The third kappa shape index (κ3) is 4.80. The van der Waals surface area contributed by atoms with Gasteiger partial charge in [0.05, 0.1) is 17.2 Å². The third-order valence-corrected chi connectivity index (χ3v) is 4.96. The quantitative estimate of drug-likeness (QED) is 0.825. The SMILES string of the molecule is CC[C@@H](NC(=O)OC(C)(C)C)c1ccc(B2OC(C)(C)C(C)(C)O2)cc1. The zero-order valence-electron chi connectivity index (χ0n) is 17.3. The van der Waals surface area contributed by atoms with Gasteiger partial charge in [-0.2, -0.15) is 0 Å². The fraction of sp³-hybridized carbons (Fsp3) is 0.650. The average molecular weight is 361 g/mol. The van der Waals surface area contributed by atoms with Gasteiger partial charge in [0.15, 0.2) is 0 Å². The lowest BCUT2D eigenvalue weighted by molar-refractivity contribution is 0.00578. The highest BCUT2D eigenvalue weighted by molar-refractivity contribution is 6.62. The van der Waals surface area contributed by atoms with Crippen LogP contribution in [0, 0.1) is 0 Å². The van der Waals surface area contributed by atoms with Crippen molar-refractivity contribution >= 4 is 18.7 Å². The zero-order chi connectivity index (χ0) is 19.8. The van der Waals surface area contributed by atoms with E-state index in [1.807, 2.05) is 79.7 Å². The maximum absolute atomic E-state index is 12.0. The Bertz CT molecular complexity index is 618. The Morgan fingerprint density at radius 1 is 1.12 bits per heavy atom. The first-order chi connectivity index (χ1) is 11.8. The van der Waals surface area contributed by atoms with Crippen molar-refractivity contribution in [3.05, 3.63) is 29.8 Å². The Morgan fingerprint density at radius 2 is 1.62 bits per heavy atom. The lowest BCUT2D eigenvalue weighted by Crippen LogP contribution is -2.41. The van der Waals surface area contributed by atoms with E-state index >= 15 is 0 Å². The maximum atomic E-state index is 12.0. The fourth-order valence-electron chi connectivity index (χ4n) is 2.74. The van der Waals surface area contributed by atoms with E-state index in [1.54, 1.807) is 0 Å². The molecule has 0 bridgehead atoms. The van der Waals surface area contributed by atoms with Gasteiger partial charge in [-0.25, -0.2) is 4.79 Å². The van der Waals surface area contributed by atoms with Crippen LogP contribution in [-0.2, 0) is 14.0 Å². The van der Waals surface area contributed by atoms with Crippen LogP contribution >= 0.6 is 0 Å². The molecule has 2 rings (SSSR count). The van der Waals surface area contributed by atoms with E-state index in [1.165, 1.54) is 0 Å². The minimum atomic E-state index is -0.511. The van der Waals surface area contributed by atoms with Crippen LogP contribution in [0.1, 0.15) is 73.4 Å². The van der Waals surface area contributed by atoms with Gasteiger partial charge in [-0.15, -0.1) is 0 Å². The van der Waals surface area contributed by atoms with Crippen molar-refractivity contribution in [3.63, 3.8) is 0 Å². The summed E-state index contributed by atoms with van der Waals surface area (Å²) in [6, 6.07) is 7.91. The Balaban J connectivity index is 2.07. The molecular formula is C20H32BNO4. The minimum absolute atomic E-state index is 0.0998. The second kappa shape index (κ2) is 7.24. The van der Waals surface area contributed by atoms with Crippen LogP contribution in [0.15, 0.2) is 24.3 Å². The molecule has 0 saturated carbocycles. The van der Waals surface area contributed by atoms with E-state index < -0.39 is 11.7 Å². The Morgan fingerprint density at radius 3 is 2.04 bits per heavy atom. The number of ether oxygens (including phenoxy) is 1. The first kappa shape index (κ1) is 20.8. The molecule has 1 saturated heterocycles. The molecule has 5 nitrogen and oxygen atoms in total. The van der Waals surface area contributed by atoms with Gasteiger partial charge in [0, 0.05) is 0 Å². The standard InChI is InChI=1S/C20H32BNO4/c1-9-16(22-17(23)24-18(2,3)4)14-10-12-15(13-11-14)21-25-19(5,6)20(7,8)26-21/h10-13,16H,9H2,1-8H3,(H,22,23)/t16-/m1/s1.